The molecule has 14 heavy (non-hydrogen) atoms. The molecule has 0 radical (unpaired) electrons. The lowest BCUT2D eigenvalue weighted by Crippen LogP contribution is -2.32. The number of benzene rings is 1. The lowest BCUT2D eigenvalue weighted by molar-refractivity contribution is 0.0344. The number of hydrogen-bond donors (Lipinski definition) is 1. The van der Waals surface area contributed by atoms with Crippen LogP contribution in [0, 0.1) is 6.92 Å². The highest BCUT2D eigenvalue weighted by Crippen LogP contribution is 2.13. The van der Waals surface area contributed by atoms with Gasteiger partial charge in [-0.05, 0) is 38.5 Å². The smallest absolute Gasteiger partial charge is 0.0794 e. The van der Waals surface area contributed by atoms with Gasteiger partial charge in [-0.1, -0.05) is 12.1 Å². The summed E-state index contributed by atoms with van der Waals surface area (Å²) in [5.74, 6) is 0. The monoisotopic (exact) mass is 193 g/mol. The first kappa shape index (κ1) is 11.1. The zero-order valence-electron chi connectivity index (χ0n) is 9.42. The SMILES string of the molecule is COC(C)(C)CNc1cccc(C)c1. The summed E-state index contributed by atoms with van der Waals surface area (Å²) in [7, 11) is 1.73. The van der Waals surface area contributed by atoms with Crippen LogP contribution in [0.2, 0.25) is 0 Å². The predicted octanol–water partition coefficient (Wildman–Crippen LogP) is 2.83. The molecule has 78 valence electrons. The van der Waals surface area contributed by atoms with Crippen LogP contribution in [0.3, 0.4) is 0 Å². The summed E-state index contributed by atoms with van der Waals surface area (Å²) in [5.41, 5.74) is 2.30. The highest BCUT2D eigenvalue weighted by Gasteiger charge is 2.15. The van der Waals surface area contributed by atoms with Gasteiger partial charge in [-0.2, -0.15) is 0 Å². The van der Waals surface area contributed by atoms with Crippen molar-refractivity contribution in [2.75, 3.05) is 19.0 Å². The minimum Gasteiger partial charge on any atom is -0.382 e. The van der Waals surface area contributed by atoms with Crippen molar-refractivity contribution >= 4 is 5.69 Å². The van der Waals surface area contributed by atoms with E-state index in [9.17, 15) is 0 Å². The first-order valence-corrected chi connectivity index (χ1v) is 4.89. The molecule has 0 aliphatic heterocycles. The van der Waals surface area contributed by atoms with Crippen LogP contribution in [0.15, 0.2) is 24.3 Å². The first-order valence-electron chi connectivity index (χ1n) is 4.89. The molecule has 0 saturated heterocycles. The molecule has 1 N–H and O–H groups in total. The molecular formula is C12H19NO. The van der Waals surface area contributed by atoms with Crippen LogP contribution in [-0.4, -0.2) is 19.3 Å². The third kappa shape index (κ3) is 3.38. The Kier molecular flexibility index (Phi) is 3.53. The molecule has 0 saturated carbocycles. The van der Waals surface area contributed by atoms with Crippen molar-refractivity contribution in [3.63, 3.8) is 0 Å². The Morgan fingerprint density at radius 2 is 2.07 bits per heavy atom. The summed E-state index contributed by atoms with van der Waals surface area (Å²) in [4.78, 5) is 0. The summed E-state index contributed by atoms with van der Waals surface area (Å²) < 4.78 is 5.33. The van der Waals surface area contributed by atoms with Crippen LogP contribution in [0.5, 0.6) is 0 Å². The van der Waals surface area contributed by atoms with E-state index in [-0.39, 0.29) is 5.60 Å². The van der Waals surface area contributed by atoms with Crippen LogP contribution < -0.4 is 5.32 Å². The van der Waals surface area contributed by atoms with E-state index >= 15 is 0 Å². The molecule has 0 heterocycles. The van der Waals surface area contributed by atoms with Gasteiger partial charge in [0.05, 0.1) is 5.60 Å². The van der Waals surface area contributed by atoms with E-state index in [1.54, 1.807) is 7.11 Å². The van der Waals surface area contributed by atoms with Crippen molar-refractivity contribution in [3.05, 3.63) is 29.8 Å². The van der Waals surface area contributed by atoms with Crippen LogP contribution in [-0.2, 0) is 4.74 Å². The standard InChI is InChI=1S/C12H19NO/c1-10-6-5-7-11(8-10)13-9-12(2,3)14-4/h5-8,13H,9H2,1-4H3. The Labute approximate surface area is 86.3 Å². The van der Waals surface area contributed by atoms with Crippen LogP contribution in [0.4, 0.5) is 5.69 Å². The van der Waals surface area contributed by atoms with Crippen molar-refractivity contribution in [3.8, 4) is 0 Å². The highest BCUT2D eigenvalue weighted by atomic mass is 16.5. The summed E-state index contributed by atoms with van der Waals surface area (Å²) in [6, 6.07) is 8.34. The summed E-state index contributed by atoms with van der Waals surface area (Å²) >= 11 is 0. The molecule has 1 aromatic carbocycles. The van der Waals surface area contributed by atoms with Gasteiger partial charge in [-0.15, -0.1) is 0 Å². The molecule has 0 atom stereocenters. The van der Waals surface area contributed by atoms with E-state index in [0.717, 1.165) is 12.2 Å². The molecule has 1 aromatic rings. The number of nitrogens with one attached hydrogen (secondary N) is 1. The van der Waals surface area contributed by atoms with E-state index in [1.165, 1.54) is 5.56 Å². The Morgan fingerprint density at radius 1 is 1.36 bits per heavy atom. The molecular weight excluding hydrogens is 174 g/mol. The van der Waals surface area contributed by atoms with Gasteiger partial charge < -0.3 is 10.1 Å². The van der Waals surface area contributed by atoms with Gasteiger partial charge in [0.2, 0.25) is 0 Å². The lowest BCUT2D eigenvalue weighted by atomic mass is 10.1. The number of ether oxygens (including phenoxy) is 1. The van der Waals surface area contributed by atoms with E-state index in [2.05, 4.69) is 50.4 Å². The largest absolute Gasteiger partial charge is 0.382 e. The minimum atomic E-state index is -0.121. The van der Waals surface area contributed by atoms with E-state index in [4.69, 9.17) is 4.74 Å². The third-order valence-electron chi connectivity index (χ3n) is 2.29. The van der Waals surface area contributed by atoms with Crippen LogP contribution in [0.25, 0.3) is 0 Å². The van der Waals surface area contributed by atoms with Crippen LogP contribution >= 0.6 is 0 Å². The molecule has 1 rings (SSSR count). The van der Waals surface area contributed by atoms with E-state index in [1.807, 2.05) is 0 Å². The van der Waals surface area contributed by atoms with Gasteiger partial charge in [-0.25, -0.2) is 0 Å². The van der Waals surface area contributed by atoms with Crippen LogP contribution in [0.1, 0.15) is 19.4 Å². The van der Waals surface area contributed by atoms with Gasteiger partial charge in [0, 0.05) is 19.3 Å². The zero-order valence-corrected chi connectivity index (χ0v) is 9.42. The molecule has 2 heteroatoms. The number of hydrogen-bond acceptors (Lipinski definition) is 2. The second-order valence-electron chi connectivity index (χ2n) is 4.19. The molecule has 0 unspecified atom stereocenters. The molecule has 0 aliphatic rings. The fraction of sp³-hybridized carbons (Fsp3) is 0.500. The Hall–Kier alpha value is -1.02. The fourth-order valence-corrected chi connectivity index (χ4v) is 1.14. The Balaban J connectivity index is 2.54. The average Bonchev–Trinajstić information content (AvgIpc) is 2.15. The quantitative estimate of drug-likeness (QED) is 0.794. The maximum Gasteiger partial charge on any atom is 0.0794 e. The molecule has 0 fully saturated rings. The van der Waals surface area contributed by atoms with Gasteiger partial charge in [-0.3, -0.25) is 0 Å². The normalized spacial score (nSPS) is 11.4. The molecule has 0 bridgehead atoms. The fourth-order valence-electron chi connectivity index (χ4n) is 1.14. The number of methoxy groups -OCH3 is 1. The van der Waals surface area contributed by atoms with Crippen molar-refractivity contribution in [2.24, 2.45) is 0 Å². The maximum absolute atomic E-state index is 5.33. The molecule has 0 amide bonds. The van der Waals surface area contributed by atoms with Gasteiger partial charge in [0.25, 0.3) is 0 Å². The molecule has 0 aliphatic carbocycles. The minimum absolute atomic E-state index is 0.121. The second-order valence-corrected chi connectivity index (χ2v) is 4.19. The summed E-state index contributed by atoms with van der Waals surface area (Å²) in [6.45, 7) is 7.03. The molecule has 0 aromatic heterocycles. The van der Waals surface area contributed by atoms with Crippen molar-refractivity contribution in [2.45, 2.75) is 26.4 Å². The van der Waals surface area contributed by atoms with Crippen molar-refractivity contribution in [1.29, 1.82) is 0 Å². The van der Waals surface area contributed by atoms with E-state index in [0.29, 0.717) is 0 Å². The highest BCUT2D eigenvalue weighted by molar-refractivity contribution is 5.45. The predicted molar refractivity (Wildman–Crippen MR) is 60.8 cm³/mol. The molecule has 0 spiro atoms. The molecule has 2 nitrogen and oxygen atoms in total. The summed E-state index contributed by atoms with van der Waals surface area (Å²) in [6.07, 6.45) is 0. The van der Waals surface area contributed by atoms with Gasteiger partial charge in [0.15, 0.2) is 0 Å². The second kappa shape index (κ2) is 4.47. The number of aryl methyl sites for hydroxylation is 1. The Bertz CT molecular complexity index is 294. The third-order valence-corrected chi connectivity index (χ3v) is 2.29. The van der Waals surface area contributed by atoms with E-state index < -0.39 is 0 Å². The van der Waals surface area contributed by atoms with Gasteiger partial charge in [0.1, 0.15) is 0 Å². The van der Waals surface area contributed by atoms with Crippen molar-refractivity contribution < 1.29 is 4.74 Å². The maximum atomic E-state index is 5.33. The topological polar surface area (TPSA) is 21.3 Å². The van der Waals surface area contributed by atoms with Crippen molar-refractivity contribution in [1.82, 2.24) is 0 Å². The average molecular weight is 193 g/mol. The first-order chi connectivity index (χ1) is 6.53. The number of anilines is 1. The Morgan fingerprint density at radius 3 is 2.64 bits per heavy atom. The summed E-state index contributed by atoms with van der Waals surface area (Å²) in [5, 5.41) is 3.35. The number of rotatable bonds is 4. The zero-order chi connectivity index (χ0) is 10.6. The lowest BCUT2D eigenvalue weighted by Gasteiger charge is -2.23. The van der Waals surface area contributed by atoms with Gasteiger partial charge >= 0.3 is 0 Å².